The van der Waals surface area contributed by atoms with Gasteiger partial charge in [0.1, 0.15) is 17.9 Å². The third-order valence-electron chi connectivity index (χ3n) is 6.09. The lowest BCUT2D eigenvalue weighted by Gasteiger charge is -2.17. The molecule has 0 atom stereocenters. The Morgan fingerprint density at radius 1 is 0.974 bits per heavy atom. The fourth-order valence-corrected chi connectivity index (χ4v) is 5.30. The molecule has 5 aromatic rings. The first-order valence-electron chi connectivity index (χ1n) is 12.3. The van der Waals surface area contributed by atoms with Crippen molar-refractivity contribution in [1.82, 2.24) is 15.0 Å². The molecule has 0 fully saturated rings. The minimum absolute atomic E-state index is 0.198. The number of hydrogen-bond donors (Lipinski definition) is 3. The van der Waals surface area contributed by atoms with E-state index in [1.54, 1.807) is 24.3 Å². The lowest BCUT2D eigenvalue weighted by Crippen LogP contribution is -2.13. The molecule has 0 spiro atoms. The first kappa shape index (κ1) is 26.6. The van der Waals surface area contributed by atoms with Crippen molar-refractivity contribution in [3.05, 3.63) is 100 Å². The van der Waals surface area contributed by atoms with Crippen LogP contribution >= 0.6 is 27.7 Å². The summed E-state index contributed by atoms with van der Waals surface area (Å²) in [6, 6.07) is 22.2. The highest BCUT2D eigenvalue weighted by Gasteiger charge is 2.15. The number of anilines is 3. The van der Waals surface area contributed by atoms with Gasteiger partial charge in [0.15, 0.2) is 5.65 Å². The van der Waals surface area contributed by atoms with Crippen molar-refractivity contribution >= 4 is 61.8 Å². The minimum atomic E-state index is -0.200. The van der Waals surface area contributed by atoms with Crippen LogP contribution in [0.25, 0.3) is 11.0 Å². The minimum Gasteiger partial charge on any atom is -0.508 e. The van der Waals surface area contributed by atoms with Crippen LogP contribution in [-0.4, -0.2) is 26.0 Å². The van der Waals surface area contributed by atoms with Crippen LogP contribution in [0.4, 0.5) is 17.2 Å². The van der Waals surface area contributed by atoms with E-state index in [0.717, 1.165) is 36.6 Å². The number of aromatic nitrogens is 3. The van der Waals surface area contributed by atoms with E-state index in [1.165, 1.54) is 18.1 Å². The summed E-state index contributed by atoms with van der Waals surface area (Å²) in [4.78, 5) is 28.4. The Labute approximate surface area is 239 Å². The van der Waals surface area contributed by atoms with E-state index < -0.39 is 0 Å². The number of carbonyl (C=O) groups is 1. The average molecular weight is 601 g/mol. The zero-order valence-corrected chi connectivity index (χ0v) is 24.0. The van der Waals surface area contributed by atoms with Gasteiger partial charge in [-0.15, -0.1) is 0 Å². The number of halogens is 1. The number of nitrogens with one attached hydrogen (secondary N) is 2. The standard InChI is InChI=1S/C30H26BrN5O2S/c1-17(2)24-12-11-23-28(34-24)32-16-33-29(23)35-26-13-18(3)25(36-30(38)19-5-4-6-20(31)14-19)15-27(26)39-22-9-7-21(37)8-10-22/h4-17,37H,1-3H3,(H,36,38)(H,32,33,34,35). The van der Waals surface area contributed by atoms with Gasteiger partial charge in [-0.3, -0.25) is 4.79 Å². The molecule has 196 valence electrons. The Hall–Kier alpha value is -3.95. The van der Waals surface area contributed by atoms with E-state index in [1.807, 2.05) is 55.5 Å². The van der Waals surface area contributed by atoms with E-state index in [2.05, 4.69) is 50.4 Å². The van der Waals surface area contributed by atoms with Crippen molar-refractivity contribution in [3.63, 3.8) is 0 Å². The van der Waals surface area contributed by atoms with Crippen molar-refractivity contribution in [2.45, 2.75) is 36.5 Å². The number of phenols is 1. The number of carbonyl (C=O) groups excluding carboxylic acids is 1. The van der Waals surface area contributed by atoms with Gasteiger partial charge in [0.2, 0.25) is 0 Å². The molecular weight excluding hydrogens is 574 g/mol. The highest BCUT2D eigenvalue weighted by Crippen LogP contribution is 2.39. The molecule has 0 aliphatic carbocycles. The second kappa shape index (κ2) is 11.4. The Kier molecular flexibility index (Phi) is 7.81. The molecule has 9 heteroatoms. The molecule has 0 aliphatic rings. The molecule has 7 nitrogen and oxygen atoms in total. The van der Waals surface area contributed by atoms with Crippen molar-refractivity contribution in [2.24, 2.45) is 0 Å². The molecule has 0 aliphatic heterocycles. The van der Waals surface area contributed by atoms with Gasteiger partial charge in [-0.25, -0.2) is 15.0 Å². The SMILES string of the molecule is Cc1cc(Nc2ncnc3nc(C(C)C)ccc23)c(Sc2ccc(O)cc2)cc1NC(=O)c1cccc(Br)c1. The Balaban J connectivity index is 1.53. The number of aromatic hydroxyl groups is 1. The van der Waals surface area contributed by atoms with E-state index in [9.17, 15) is 9.90 Å². The fourth-order valence-electron chi connectivity index (χ4n) is 3.98. The fraction of sp³-hybridized carbons (Fsp3) is 0.133. The van der Waals surface area contributed by atoms with E-state index in [0.29, 0.717) is 22.7 Å². The highest BCUT2D eigenvalue weighted by atomic mass is 79.9. The lowest BCUT2D eigenvalue weighted by molar-refractivity contribution is 0.102. The molecule has 0 unspecified atom stereocenters. The summed E-state index contributed by atoms with van der Waals surface area (Å²) in [6.45, 7) is 6.15. The van der Waals surface area contributed by atoms with Crippen molar-refractivity contribution in [1.29, 1.82) is 0 Å². The van der Waals surface area contributed by atoms with Crippen LogP contribution in [0.3, 0.4) is 0 Å². The molecule has 0 saturated carbocycles. The summed E-state index contributed by atoms with van der Waals surface area (Å²) in [5, 5.41) is 17.1. The van der Waals surface area contributed by atoms with Gasteiger partial charge in [0.25, 0.3) is 5.91 Å². The first-order chi connectivity index (χ1) is 18.8. The number of nitrogens with zero attached hydrogens (tertiary/aromatic N) is 3. The molecule has 0 bridgehead atoms. The second-order valence-corrected chi connectivity index (χ2v) is 11.4. The predicted octanol–water partition coefficient (Wildman–Crippen LogP) is 8.07. The van der Waals surface area contributed by atoms with Crippen LogP contribution in [0.15, 0.2) is 93.4 Å². The van der Waals surface area contributed by atoms with Gasteiger partial charge in [0.05, 0.1) is 11.1 Å². The monoisotopic (exact) mass is 599 g/mol. The van der Waals surface area contributed by atoms with Crippen molar-refractivity contribution < 1.29 is 9.90 Å². The quantitative estimate of drug-likeness (QED) is 0.174. The van der Waals surface area contributed by atoms with Crippen LogP contribution in [0, 0.1) is 6.92 Å². The summed E-state index contributed by atoms with van der Waals surface area (Å²) in [5.74, 6) is 0.927. The van der Waals surface area contributed by atoms with Crippen LogP contribution in [-0.2, 0) is 0 Å². The molecule has 1 amide bonds. The molecule has 3 aromatic carbocycles. The lowest BCUT2D eigenvalue weighted by atomic mass is 10.1. The summed E-state index contributed by atoms with van der Waals surface area (Å²) < 4.78 is 0.835. The van der Waals surface area contributed by atoms with Gasteiger partial charge in [-0.05, 0) is 85.1 Å². The van der Waals surface area contributed by atoms with Crippen LogP contribution < -0.4 is 10.6 Å². The van der Waals surface area contributed by atoms with E-state index >= 15 is 0 Å². The maximum Gasteiger partial charge on any atom is 0.255 e. The summed E-state index contributed by atoms with van der Waals surface area (Å²) >= 11 is 4.94. The number of hydrogen-bond acceptors (Lipinski definition) is 7. The number of phenolic OH excluding ortho intramolecular Hbond substituents is 1. The molecular formula is C30H26BrN5O2S. The van der Waals surface area contributed by atoms with Crippen LogP contribution in [0.2, 0.25) is 0 Å². The molecule has 2 aromatic heterocycles. The normalized spacial score (nSPS) is 11.1. The average Bonchev–Trinajstić information content (AvgIpc) is 2.92. The smallest absolute Gasteiger partial charge is 0.255 e. The summed E-state index contributed by atoms with van der Waals surface area (Å²) in [7, 11) is 0. The Morgan fingerprint density at radius 2 is 1.77 bits per heavy atom. The summed E-state index contributed by atoms with van der Waals surface area (Å²) in [5.41, 5.74) is 4.55. The number of pyridine rings is 1. The predicted molar refractivity (Wildman–Crippen MR) is 160 cm³/mol. The maximum atomic E-state index is 13.0. The second-order valence-electron chi connectivity index (χ2n) is 9.33. The van der Waals surface area contributed by atoms with Gasteiger partial charge in [-0.1, -0.05) is 47.6 Å². The van der Waals surface area contributed by atoms with Crippen molar-refractivity contribution in [3.8, 4) is 5.75 Å². The maximum absolute atomic E-state index is 13.0. The number of rotatable bonds is 7. The van der Waals surface area contributed by atoms with Gasteiger partial charge >= 0.3 is 0 Å². The van der Waals surface area contributed by atoms with Crippen molar-refractivity contribution in [2.75, 3.05) is 10.6 Å². The molecule has 5 rings (SSSR count). The number of benzene rings is 3. The van der Waals surface area contributed by atoms with Gasteiger partial charge < -0.3 is 15.7 Å². The van der Waals surface area contributed by atoms with E-state index in [4.69, 9.17) is 4.98 Å². The molecule has 3 N–H and O–H groups in total. The topological polar surface area (TPSA) is 100 Å². The molecule has 0 radical (unpaired) electrons. The molecule has 39 heavy (non-hydrogen) atoms. The van der Waals surface area contributed by atoms with Gasteiger partial charge in [-0.2, -0.15) is 0 Å². The number of aryl methyl sites for hydroxylation is 1. The van der Waals surface area contributed by atoms with Crippen LogP contribution in [0.5, 0.6) is 5.75 Å². The zero-order valence-electron chi connectivity index (χ0n) is 21.6. The third-order valence-corrected chi connectivity index (χ3v) is 7.65. The highest BCUT2D eigenvalue weighted by molar-refractivity contribution is 9.10. The Bertz CT molecular complexity index is 1680. The third kappa shape index (κ3) is 6.21. The largest absolute Gasteiger partial charge is 0.508 e. The van der Waals surface area contributed by atoms with Crippen LogP contribution in [0.1, 0.15) is 41.4 Å². The summed E-state index contributed by atoms with van der Waals surface area (Å²) in [6.07, 6.45) is 1.51. The van der Waals surface area contributed by atoms with Gasteiger partial charge in [0, 0.05) is 31.2 Å². The number of fused-ring (bicyclic) bond motifs is 1. The molecule has 2 heterocycles. The Morgan fingerprint density at radius 3 is 2.51 bits per heavy atom. The first-order valence-corrected chi connectivity index (χ1v) is 13.9. The number of amides is 1. The molecule has 0 saturated heterocycles. The zero-order chi connectivity index (χ0) is 27.5. The van der Waals surface area contributed by atoms with E-state index in [-0.39, 0.29) is 17.6 Å².